The highest BCUT2D eigenvalue weighted by molar-refractivity contribution is 6.36. The molecule has 6 heteroatoms. The van der Waals surface area contributed by atoms with Gasteiger partial charge in [0.2, 0.25) is 0 Å². The number of amides is 1. The summed E-state index contributed by atoms with van der Waals surface area (Å²) in [4.78, 5) is 13.8. The Morgan fingerprint density at radius 3 is 2.56 bits per heavy atom. The van der Waals surface area contributed by atoms with E-state index in [1.165, 1.54) is 0 Å². The summed E-state index contributed by atoms with van der Waals surface area (Å²) in [5.74, 6) is -0.162. The van der Waals surface area contributed by atoms with Crippen LogP contribution in [0.5, 0.6) is 0 Å². The molecule has 1 rings (SSSR count). The van der Waals surface area contributed by atoms with Gasteiger partial charge in [-0.1, -0.05) is 23.2 Å². The van der Waals surface area contributed by atoms with Crippen molar-refractivity contribution in [3.8, 4) is 0 Å². The second kappa shape index (κ2) is 8.59. The molecule has 102 valence electrons. The van der Waals surface area contributed by atoms with Crippen molar-refractivity contribution in [2.24, 2.45) is 0 Å². The largest absolute Gasteiger partial charge is 1.00 e. The normalized spacial score (nSPS) is 10.1. The molecule has 0 aliphatic rings. The van der Waals surface area contributed by atoms with Crippen molar-refractivity contribution in [2.75, 3.05) is 27.2 Å². The van der Waals surface area contributed by atoms with Crippen LogP contribution in [0, 0.1) is 0 Å². The van der Waals surface area contributed by atoms with Gasteiger partial charge in [-0.15, -0.1) is 0 Å². The van der Waals surface area contributed by atoms with E-state index in [9.17, 15) is 4.79 Å². The number of hydrogen-bond donors (Lipinski definition) is 1. The molecule has 0 aliphatic heterocycles. The molecule has 0 unspecified atom stereocenters. The molecule has 0 bridgehead atoms. The Morgan fingerprint density at radius 1 is 1.33 bits per heavy atom. The van der Waals surface area contributed by atoms with Crippen LogP contribution >= 0.6 is 23.2 Å². The highest BCUT2D eigenvalue weighted by atomic mass is 35.5. The molecule has 0 aromatic heterocycles. The van der Waals surface area contributed by atoms with Crippen molar-refractivity contribution in [1.82, 2.24) is 10.2 Å². The molecule has 0 heterocycles. The van der Waals surface area contributed by atoms with Crippen LogP contribution in [-0.2, 0) is 0 Å². The minimum Gasteiger partial charge on any atom is -1.00 e. The van der Waals surface area contributed by atoms with Gasteiger partial charge in [-0.25, -0.2) is 0 Å². The zero-order valence-corrected chi connectivity index (χ0v) is 12.6. The van der Waals surface area contributed by atoms with Gasteiger partial charge >= 0.3 is 0 Å². The van der Waals surface area contributed by atoms with E-state index in [-0.39, 0.29) is 18.3 Å². The monoisotopic (exact) mass is 309 g/mol. The summed E-state index contributed by atoms with van der Waals surface area (Å²) in [6.07, 6.45) is 0.907. The van der Waals surface area contributed by atoms with E-state index in [0.29, 0.717) is 22.2 Å². The fourth-order valence-corrected chi connectivity index (χ4v) is 1.86. The van der Waals surface area contributed by atoms with E-state index in [4.69, 9.17) is 23.2 Å². The van der Waals surface area contributed by atoms with E-state index < -0.39 is 0 Å². The van der Waals surface area contributed by atoms with E-state index in [1.54, 1.807) is 18.2 Å². The number of benzene rings is 1. The van der Waals surface area contributed by atoms with Gasteiger partial charge in [-0.2, -0.15) is 0 Å². The van der Waals surface area contributed by atoms with Crippen LogP contribution in [0.3, 0.4) is 0 Å². The molecular formula is C12H16Cl3N2O-. The summed E-state index contributed by atoms with van der Waals surface area (Å²) in [7, 11) is 4.00. The van der Waals surface area contributed by atoms with Crippen LogP contribution in [0.25, 0.3) is 0 Å². The van der Waals surface area contributed by atoms with Crippen LogP contribution in [0.2, 0.25) is 10.0 Å². The Morgan fingerprint density at radius 2 is 2.00 bits per heavy atom. The lowest BCUT2D eigenvalue weighted by Crippen LogP contribution is -3.00. The minimum absolute atomic E-state index is 0. The first-order valence-corrected chi connectivity index (χ1v) is 6.14. The van der Waals surface area contributed by atoms with Crippen LogP contribution in [0.1, 0.15) is 16.8 Å². The highest BCUT2D eigenvalue weighted by Crippen LogP contribution is 2.20. The van der Waals surface area contributed by atoms with Crippen molar-refractivity contribution in [2.45, 2.75) is 6.42 Å². The molecule has 3 nitrogen and oxygen atoms in total. The van der Waals surface area contributed by atoms with Gasteiger partial charge in [0.1, 0.15) is 0 Å². The predicted octanol–water partition coefficient (Wildman–Crippen LogP) is -0.321. The third-order valence-corrected chi connectivity index (χ3v) is 2.79. The summed E-state index contributed by atoms with van der Waals surface area (Å²) in [5, 5.41) is 3.73. The minimum atomic E-state index is -0.162. The van der Waals surface area contributed by atoms with E-state index in [0.717, 1.165) is 13.0 Å². The predicted molar refractivity (Wildman–Crippen MR) is 72.0 cm³/mol. The van der Waals surface area contributed by atoms with Gasteiger partial charge < -0.3 is 22.6 Å². The van der Waals surface area contributed by atoms with Gasteiger partial charge in [-0.05, 0) is 45.3 Å². The first kappa shape index (κ1) is 17.5. The van der Waals surface area contributed by atoms with Gasteiger partial charge in [-0.3, -0.25) is 4.79 Å². The van der Waals surface area contributed by atoms with Crippen LogP contribution < -0.4 is 17.7 Å². The lowest BCUT2D eigenvalue weighted by molar-refractivity contribution is -0.0000119. The maximum atomic E-state index is 11.8. The second-order valence-electron chi connectivity index (χ2n) is 4.04. The summed E-state index contributed by atoms with van der Waals surface area (Å²) < 4.78 is 0. The first-order valence-electron chi connectivity index (χ1n) is 5.38. The molecule has 0 spiro atoms. The molecule has 0 radical (unpaired) electrons. The van der Waals surface area contributed by atoms with E-state index >= 15 is 0 Å². The molecule has 18 heavy (non-hydrogen) atoms. The zero-order chi connectivity index (χ0) is 12.8. The topological polar surface area (TPSA) is 32.3 Å². The SMILES string of the molecule is CN(C)CCCNC(=O)c1ccc(Cl)cc1Cl.[Cl-]. The third kappa shape index (κ3) is 5.91. The number of nitrogens with one attached hydrogen (secondary N) is 1. The lowest BCUT2D eigenvalue weighted by atomic mass is 10.2. The average molecular weight is 311 g/mol. The molecule has 0 aliphatic carbocycles. The Labute approximate surface area is 124 Å². The van der Waals surface area contributed by atoms with Gasteiger partial charge in [0.05, 0.1) is 10.6 Å². The van der Waals surface area contributed by atoms with Crippen LogP contribution in [0.15, 0.2) is 18.2 Å². The molecule has 1 aromatic rings. The second-order valence-corrected chi connectivity index (χ2v) is 4.88. The number of carbonyl (C=O) groups excluding carboxylic acids is 1. The van der Waals surface area contributed by atoms with Crippen LogP contribution in [0.4, 0.5) is 0 Å². The van der Waals surface area contributed by atoms with E-state index in [1.807, 2.05) is 14.1 Å². The fourth-order valence-electron chi connectivity index (χ4n) is 1.37. The van der Waals surface area contributed by atoms with Crippen LogP contribution in [-0.4, -0.2) is 38.0 Å². The summed E-state index contributed by atoms with van der Waals surface area (Å²) in [6, 6.07) is 4.85. The quantitative estimate of drug-likeness (QED) is 0.756. The number of hydrogen-bond acceptors (Lipinski definition) is 2. The Bertz CT molecular complexity index is 397. The van der Waals surface area contributed by atoms with Gasteiger partial charge in [0.25, 0.3) is 5.91 Å². The molecule has 1 amide bonds. The fraction of sp³-hybridized carbons (Fsp3) is 0.417. The molecule has 0 saturated carbocycles. The molecule has 0 saturated heterocycles. The molecule has 0 fully saturated rings. The molecule has 0 atom stereocenters. The number of nitrogens with zero attached hydrogens (tertiary/aromatic N) is 1. The number of carbonyl (C=O) groups is 1. The van der Waals surface area contributed by atoms with Crippen molar-refractivity contribution in [3.05, 3.63) is 33.8 Å². The van der Waals surface area contributed by atoms with Crippen molar-refractivity contribution in [3.63, 3.8) is 0 Å². The van der Waals surface area contributed by atoms with Gasteiger partial charge in [0.15, 0.2) is 0 Å². The van der Waals surface area contributed by atoms with E-state index in [2.05, 4.69) is 10.2 Å². The Kier molecular flexibility index (Phi) is 8.36. The molecule has 1 N–H and O–H groups in total. The standard InChI is InChI=1S/C12H16Cl2N2O.ClH/c1-16(2)7-3-6-15-12(17)10-5-4-9(13)8-11(10)14;/h4-5,8H,3,6-7H2,1-2H3,(H,15,17);1H/p-1. The van der Waals surface area contributed by atoms with Crippen molar-refractivity contribution < 1.29 is 17.2 Å². The average Bonchev–Trinajstić information content (AvgIpc) is 2.23. The van der Waals surface area contributed by atoms with Gasteiger partial charge in [0, 0.05) is 11.6 Å². The zero-order valence-electron chi connectivity index (χ0n) is 10.3. The summed E-state index contributed by atoms with van der Waals surface area (Å²) in [6.45, 7) is 1.57. The lowest BCUT2D eigenvalue weighted by Gasteiger charge is -2.10. The summed E-state index contributed by atoms with van der Waals surface area (Å²) >= 11 is 11.7. The maximum absolute atomic E-state index is 11.8. The smallest absolute Gasteiger partial charge is 0.252 e. The summed E-state index contributed by atoms with van der Waals surface area (Å²) in [5.41, 5.74) is 0.459. The number of rotatable bonds is 5. The molecule has 1 aromatic carbocycles. The highest BCUT2D eigenvalue weighted by Gasteiger charge is 2.09. The first-order chi connectivity index (χ1) is 8.00. The maximum Gasteiger partial charge on any atom is 0.252 e. The third-order valence-electron chi connectivity index (χ3n) is 2.24. The number of halogens is 3. The Balaban J connectivity index is 0.00000289. The van der Waals surface area contributed by atoms with Crippen molar-refractivity contribution in [1.29, 1.82) is 0 Å². The molecular weight excluding hydrogens is 295 g/mol. The van der Waals surface area contributed by atoms with Crippen molar-refractivity contribution >= 4 is 29.1 Å². The Hall–Kier alpha value is -0.480.